The molecule has 4 nitrogen and oxygen atoms in total. The van der Waals surface area contributed by atoms with Crippen LogP contribution in [0.25, 0.3) is 0 Å². The van der Waals surface area contributed by atoms with Crippen LogP contribution in [-0.2, 0) is 0 Å². The van der Waals surface area contributed by atoms with Crippen molar-refractivity contribution >= 4 is 35.1 Å². The van der Waals surface area contributed by atoms with E-state index in [9.17, 15) is 4.79 Å². The molecule has 0 saturated carbocycles. The van der Waals surface area contributed by atoms with Gasteiger partial charge >= 0.3 is 0 Å². The zero-order chi connectivity index (χ0) is 14.4. The number of nitrogens with one attached hydrogen (secondary N) is 1. The normalized spacial score (nSPS) is 10.7. The Morgan fingerprint density at radius 1 is 1.40 bits per heavy atom. The average molecular weight is 309 g/mol. The van der Waals surface area contributed by atoms with Crippen molar-refractivity contribution in [3.8, 4) is 5.75 Å². The molecular formula is C14H13ClN2O2S. The van der Waals surface area contributed by atoms with Crippen molar-refractivity contribution in [1.29, 1.82) is 0 Å². The Hall–Kier alpha value is -1.85. The first-order valence-corrected chi connectivity index (χ1v) is 7.20. The van der Waals surface area contributed by atoms with Crippen molar-refractivity contribution in [2.24, 2.45) is 5.10 Å². The van der Waals surface area contributed by atoms with Crippen LogP contribution in [0.3, 0.4) is 0 Å². The van der Waals surface area contributed by atoms with E-state index in [-0.39, 0.29) is 5.91 Å². The number of hydrogen-bond donors (Lipinski definition) is 1. The van der Waals surface area contributed by atoms with Gasteiger partial charge in [0.1, 0.15) is 5.75 Å². The molecule has 104 valence electrons. The molecule has 0 saturated heterocycles. The van der Waals surface area contributed by atoms with Gasteiger partial charge in [0.15, 0.2) is 0 Å². The molecule has 2 rings (SSSR count). The van der Waals surface area contributed by atoms with Gasteiger partial charge in [-0.25, -0.2) is 5.43 Å². The summed E-state index contributed by atoms with van der Waals surface area (Å²) in [7, 11) is 0. The monoisotopic (exact) mass is 308 g/mol. The molecule has 1 heterocycles. The minimum absolute atomic E-state index is 0.285. The summed E-state index contributed by atoms with van der Waals surface area (Å²) in [4.78, 5) is 12.3. The summed E-state index contributed by atoms with van der Waals surface area (Å²) in [5.41, 5.74) is 3.26. The third-order valence-electron chi connectivity index (χ3n) is 2.39. The number of amides is 1. The Morgan fingerprint density at radius 3 is 2.90 bits per heavy atom. The molecule has 6 heteroatoms. The number of ether oxygens (including phenoxy) is 1. The first-order chi connectivity index (χ1) is 9.70. The fourth-order valence-corrected chi connectivity index (χ4v) is 2.46. The van der Waals surface area contributed by atoms with Crippen molar-refractivity contribution < 1.29 is 9.53 Å². The number of thiophene rings is 1. The highest BCUT2D eigenvalue weighted by molar-refractivity contribution is 7.17. The van der Waals surface area contributed by atoms with E-state index in [1.165, 1.54) is 11.3 Å². The van der Waals surface area contributed by atoms with Gasteiger partial charge in [0.05, 0.1) is 22.0 Å². The number of carbonyl (C=O) groups excluding carboxylic acids is 1. The minimum Gasteiger partial charge on any atom is -0.493 e. The highest BCUT2D eigenvalue weighted by Crippen LogP contribution is 2.21. The zero-order valence-electron chi connectivity index (χ0n) is 10.8. The molecule has 0 aliphatic carbocycles. The predicted molar refractivity (Wildman–Crippen MR) is 82.0 cm³/mol. The summed E-state index contributed by atoms with van der Waals surface area (Å²) in [6.07, 6.45) is 1.55. The van der Waals surface area contributed by atoms with Gasteiger partial charge in [0, 0.05) is 5.56 Å². The Balaban J connectivity index is 2.01. The van der Waals surface area contributed by atoms with Gasteiger partial charge in [-0.05, 0) is 31.2 Å². The Labute approximate surface area is 126 Å². The molecule has 0 radical (unpaired) electrons. The summed E-state index contributed by atoms with van der Waals surface area (Å²) in [5.74, 6) is 0.444. The lowest BCUT2D eigenvalue weighted by molar-refractivity contribution is 0.0959. The molecule has 20 heavy (non-hydrogen) atoms. The van der Waals surface area contributed by atoms with E-state index in [1.54, 1.807) is 18.3 Å². The average Bonchev–Trinajstić information content (AvgIpc) is 2.88. The van der Waals surface area contributed by atoms with Crippen molar-refractivity contribution in [3.63, 3.8) is 0 Å². The molecule has 0 fully saturated rings. The second kappa shape index (κ2) is 7.07. The smallest absolute Gasteiger partial charge is 0.281 e. The fraction of sp³-hybridized carbons (Fsp3) is 0.143. The lowest BCUT2D eigenvalue weighted by Crippen LogP contribution is -2.16. The molecule has 0 atom stereocenters. The number of benzene rings is 1. The maximum absolute atomic E-state index is 11.8. The second-order valence-electron chi connectivity index (χ2n) is 3.77. The predicted octanol–water partition coefficient (Wildman–Crippen LogP) is 3.56. The number of para-hydroxylation sites is 1. The molecule has 0 aliphatic rings. The molecule has 1 amide bonds. The van der Waals surface area contributed by atoms with Gasteiger partial charge in [0.2, 0.25) is 0 Å². The van der Waals surface area contributed by atoms with E-state index in [0.717, 1.165) is 11.3 Å². The molecular weight excluding hydrogens is 296 g/mol. The molecule has 1 aromatic carbocycles. The molecule has 0 aliphatic heterocycles. The van der Waals surface area contributed by atoms with Crippen LogP contribution in [0, 0.1) is 0 Å². The van der Waals surface area contributed by atoms with Crippen LogP contribution in [-0.4, -0.2) is 18.7 Å². The van der Waals surface area contributed by atoms with Crippen LogP contribution in [0.2, 0.25) is 4.34 Å². The van der Waals surface area contributed by atoms with E-state index in [2.05, 4.69) is 10.5 Å². The number of carbonyl (C=O) groups is 1. The van der Waals surface area contributed by atoms with Crippen LogP contribution < -0.4 is 10.2 Å². The first kappa shape index (κ1) is 14.6. The lowest BCUT2D eigenvalue weighted by Gasteiger charge is -2.05. The third kappa shape index (κ3) is 3.82. The zero-order valence-corrected chi connectivity index (χ0v) is 12.4. The van der Waals surface area contributed by atoms with E-state index in [0.29, 0.717) is 15.8 Å². The van der Waals surface area contributed by atoms with Gasteiger partial charge < -0.3 is 4.74 Å². The Morgan fingerprint density at radius 2 is 2.20 bits per heavy atom. The van der Waals surface area contributed by atoms with Gasteiger partial charge in [-0.3, -0.25) is 4.79 Å². The maximum Gasteiger partial charge on any atom is 0.281 e. The number of hydrogen-bond acceptors (Lipinski definition) is 4. The summed E-state index contributed by atoms with van der Waals surface area (Å²) in [6, 6.07) is 10.8. The third-order valence-corrected chi connectivity index (χ3v) is 3.62. The van der Waals surface area contributed by atoms with Gasteiger partial charge in [-0.2, -0.15) is 5.10 Å². The summed E-state index contributed by atoms with van der Waals surface area (Å²) < 4.78 is 6.03. The van der Waals surface area contributed by atoms with Crippen molar-refractivity contribution in [1.82, 2.24) is 5.43 Å². The number of hydrazone groups is 1. The van der Waals surface area contributed by atoms with Crippen molar-refractivity contribution in [2.45, 2.75) is 6.92 Å². The number of rotatable bonds is 5. The van der Waals surface area contributed by atoms with Gasteiger partial charge in [-0.1, -0.05) is 23.7 Å². The van der Waals surface area contributed by atoms with E-state index in [4.69, 9.17) is 16.3 Å². The lowest BCUT2D eigenvalue weighted by atomic mass is 10.2. The molecule has 1 aromatic heterocycles. The van der Waals surface area contributed by atoms with Crippen LogP contribution in [0.15, 0.2) is 41.5 Å². The second-order valence-corrected chi connectivity index (χ2v) is 5.49. The van der Waals surface area contributed by atoms with E-state index >= 15 is 0 Å². The fourth-order valence-electron chi connectivity index (χ4n) is 1.53. The summed E-state index contributed by atoms with van der Waals surface area (Å²) in [5, 5.41) is 3.93. The molecule has 0 bridgehead atoms. The summed E-state index contributed by atoms with van der Waals surface area (Å²) in [6.45, 7) is 2.49. The van der Waals surface area contributed by atoms with Crippen LogP contribution >= 0.6 is 22.9 Å². The first-order valence-electron chi connectivity index (χ1n) is 6.01. The van der Waals surface area contributed by atoms with Crippen LogP contribution in [0.4, 0.5) is 0 Å². The number of nitrogens with zero attached hydrogens (tertiary/aromatic N) is 1. The van der Waals surface area contributed by atoms with Crippen LogP contribution in [0.1, 0.15) is 22.2 Å². The molecule has 2 aromatic rings. The topological polar surface area (TPSA) is 50.7 Å². The maximum atomic E-state index is 11.8. The molecule has 0 unspecified atom stereocenters. The van der Waals surface area contributed by atoms with Crippen LogP contribution in [0.5, 0.6) is 5.75 Å². The Bertz CT molecular complexity index is 625. The summed E-state index contributed by atoms with van der Waals surface area (Å²) >= 11 is 6.98. The number of halogens is 1. The largest absolute Gasteiger partial charge is 0.493 e. The van der Waals surface area contributed by atoms with Crippen molar-refractivity contribution in [2.75, 3.05) is 6.61 Å². The standard InChI is InChI=1S/C14H13ClN2O2S/c1-2-19-11-6-4-3-5-10(11)9-16-17-14(18)12-7-8-13(15)20-12/h3-9H,2H2,1H3,(H,17,18)/b16-9+. The SMILES string of the molecule is CCOc1ccccc1/C=N/NC(=O)c1ccc(Cl)s1. The molecule has 0 spiro atoms. The van der Waals surface area contributed by atoms with E-state index < -0.39 is 0 Å². The van der Waals surface area contributed by atoms with Crippen molar-refractivity contribution in [3.05, 3.63) is 51.2 Å². The highest BCUT2D eigenvalue weighted by atomic mass is 35.5. The highest BCUT2D eigenvalue weighted by Gasteiger charge is 2.07. The Kier molecular flexibility index (Phi) is 5.15. The van der Waals surface area contributed by atoms with Gasteiger partial charge in [-0.15, -0.1) is 11.3 Å². The van der Waals surface area contributed by atoms with E-state index in [1.807, 2.05) is 31.2 Å². The quantitative estimate of drug-likeness (QED) is 0.678. The molecule has 1 N–H and O–H groups in total. The minimum atomic E-state index is -0.285. The van der Waals surface area contributed by atoms with Gasteiger partial charge in [0.25, 0.3) is 5.91 Å².